The van der Waals surface area contributed by atoms with Gasteiger partial charge in [-0.25, -0.2) is 0 Å². The summed E-state index contributed by atoms with van der Waals surface area (Å²) in [6, 6.07) is 28.3. The molecule has 1 atom stereocenters. The molecule has 0 aliphatic heterocycles. The number of nitrogens with zero attached hydrogens (tertiary/aromatic N) is 1. The minimum Gasteiger partial charge on any atom is -0.378 e. The van der Waals surface area contributed by atoms with Gasteiger partial charge in [0, 0.05) is 41.0 Å². The summed E-state index contributed by atoms with van der Waals surface area (Å²) in [4.78, 5) is 42.0. The van der Waals surface area contributed by atoms with Crippen LogP contribution >= 0.6 is 35.0 Å². The molecule has 3 N–H and O–H groups in total. The van der Waals surface area contributed by atoms with Gasteiger partial charge in [0.2, 0.25) is 5.91 Å². The highest BCUT2D eigenvalue weighted by molar-refractivity contribution is 8.00. The highest BCUT2D eigenvalue weighted by atomic mass is 35.5. The summed E-state index contributed by atoms with van der Waals surface area (Å²) in [6.45, 7) is 1.77. The molecule has 0 heterocycles. The summed E-state index contributed by atoms with van der Waals surface area (Å²) in [5, 5.41) is 8.79. The van der Waals surface area contributed by atoms with E-state index in [1.54, 1.807) is 73.7 Å². The Bertz CT molecular complexity index is 1640. The van der Waals surface area contributed by atoms with Crippen molar-refractivity contribution in [1.29, 1.82) is 0 Å². The van der Waals surface area contributed by atoms with Crippen LogP contribution in [0.3, 0.4) is 0 Å². The van der Waals surface area contributed by atoms with Crippen LogP contribution in [0, 0.1) is 0 Å². The first kappa shape index (κ1) is 31.7. The molecule has 220 valence electrons. The number of nitrogens with one attached hydrogen (secondary N) is 3. The number of carbonyl (C=O) groups excluding carboxylic acids is 3. The Morgan fingerprint density at radius 1 is 0.837 bits per heavy atom. The van der Waals surface area contributed by atoms with Crippen LogP contribution in [0.1, 0.15) is 22.8 Å². The summed E-state index contributed by atoms with van der Waals surface area (Å²) in [6.07, 6.45) is 1.63. The van der Waals surface area contributed by atoms with Gasteiger partial charge < -0.3 is 20.9 Å². The fourth-order valence-electron chi connectivity index (χ4n) is 3.91. The SMILES string of the molecule is CC(Sc1cccc(NC(=O)/C(=C\c2ccc(N(C)C)cc2)NC(=O)c2ccccc2)c1)C(=O)Nc1cc(Cl)ccc1Cl. The number of hydrogen-bond acceptors (Lipinski definition) is 5. The van der Waals surface area contributed by atoms with Crippen LogP contribution < -0.4 is 20.9 Å². The summed E-state index contributed by atoms with van der Waals surface area (Å²) < 4.78 is 0. The quantitative estimate of drug-likeness (QED) is 0.124. The molecule has 1 unspecified atom stereocenters. The zero-order valence-corrected chi connectivity index (χ0v) is 26.1. The van der Waals surface area contributed by atoms with Gasteiger partial charge in [-0.05, 0) is 79.2 Å². The van der Waals surface area contributed by atoms with Crippen molar-refractivity contribution >= 4 is 75.8 Å². The fourth-order valence-corrected chi connectivity index (χ4v) is 5.17. The first-order valence-corrected chi connectivity index (χ1v) is 14.9. The molecular weight excluding hydrogens is 603 g/mol. The predicted octanol–water partition coefficient (Wildman–Crippen LogP) is 7.59. The Hall–Kier alpha value is -4.24. The Morgan fingerprint density at radius 2 is 1.56 bits per heavy atom. The molecule has 0 saturated carbocycles. The molecule has 7 nitrogen and oxygen atoms in total. The van der Waals surface area contributed by atoms with E-state index in [0.717, 1.165) is 16.1 Å². The Labute approximate surface area is 265 Å². The lowest BCUT2D eigenvalue weighted by molar-refractivity contribution is -0.115. The Morgan fingerprint density at radius 3 is 2.26 bits per heavy atom. The van der Waals surface area contributed by atoms with Crippen molar-refractivity contribution in [3.63, 3.8) is 0 Å². The fraction of sp³-hybridized carbons (Fsp3) is 0.121. The number of amides is 3. The second-order valence-electron chi connectivity index (χ2n) is 9.72. The van der Waals surface area contributed by atoms with E-state index in [0.29, 0.717) is 27.0 Å². The number of rotatable bonds is 10. The number of carbonyl (C=O) groups is 3. The average molecular weight is 634 g/mol. The van der Waals surface area contributed by atoms with Crippen molar-refractivity contribution in [3.8, 4) is 0 Å². The standard InChI is InChI=1S/C33H30Cl2N4O3S/c1-21(31(40)37-29-19-24(34)14-17-28(29)35)43-27-11-7-10-25(20-27)36-33(42)30(38-32(41)23-8-5-4-6-9-23)18-22-12-15-26(16-13-22)39(2)3/h4-21H,1-3H3,(H,36,42)(H,37,40)(H,38,41)/b30-18+. The van der Waals surface area contributed by atoms with E-state index < -0.39 is 17.1 Å². The van der Waals surface area contributed by atoms with Crippen LogP contribution in [-0.4, -0.2) is 37.1 Å². The summed E-state index contributed by atoms with van der Waals surface area (Å²) in [5.74, 6) is -1.15. The van der Waals surface area contributed by atoms with Crippen molar-refractivity contribution in [3.05, 3.63) is 124 Å². The van der Waals surface area contributed by atoms with Gasteiger partial charge in [0.05, 0.1) is 16.0 Å². The maximum Gasteiger partial charge on any atom is 0.272 e. The molecule has 4 aromatic rings. The van der Waals surface area contributed by atoms with Gasteiger partial charge in [0.15, 0.2) is 0 Å². The number of benzene rings is 4. The van der Waals surface area contributed by atoms with Gasteiger partial charge in [-0.2, -0.15) is 0 Å². The monoisotopic (exact) mass is 632 g/mol. The topological polar surface area (TPSA) is 90.5 Å². The van der Waals surface area contributed by atoms with Crippen molar-refractivity contribution in [2.24, 2.45) is 0 Å². The summed E-state index contributed by atoms with van der Waals surface area (Å²) in [7, 11) is 3.89. The lowest BCUT2D eigenvalue weighted by atomic mass is 10.1. The zero-order chi connectivity index (χ0) is 30.9. The van der Waals surface area contributed by atoms with E-state index in [-0.39, 0.29) is 11.6 Å². The first-order chi connectivity index (χ1) is 20.6. The van der Waals surface area contributed by atoms with Crippen LogP contribution in [0.4, 0.5) is 17.1 Å². The maximum absolute atomic E-state index is 13.5. The maximum atomic E-state index is 13.5. The normalized spacial score (nSPS) is 11.8. The first-order valence-electron chi connectivity index (χ1n) is 13.3. The predicted molar refractivity (Wildman–Crippen MR) is 178 cm³/mol. The highest BCUT2D eigenvalue weighted by Crippen LogP contribution is 2.29. The Kier molecular flexibility index (Phi) is 10.9. The molecule has 0 aliphatic carbocycles. The molecule has 10 heteroatoms. The van der Waals surface area contributed by atoms with Crippen LogP contribution in [0.2, 0.25) is 10.0 Å². The number of hydrogen-bond donors (Lipinski definition) is 3. The van der Waals surface area contributed by atoms with E-state index in [1.165, 1.54) is 11.8 Å². The van der Waals surface area contributed by atoms with Gasteiger partial charge >= 0.3 is 0 Å². The van der Waals surface area contributed by atoms with Gasteiger partial charge in [0.25, 0.3) is 11.8 Å². The Balaban J connectivity index is 1.49. The van der Waals surface area contributed by atoms with E-state index in [4.69, 9.17) is 23.2 Å². The van der Waals surface area contributed by atoms with Crippen molar-refractivity contribution in [2.75, 3.05) is 29.6 Å². The van der Waals surface area contributed by atoms with Gasteiger partial charge in [0.1, 0.15) is 5.70 Å². The van der Waals surface area contributed by atoms with E-state index >= 15 is 0 Å². The molecule has 0 aliphatic rings. The average Bonchev–Trinajstić information content (AvgIpc) is 2.99. The van der Waals surface area contributed by atoms with E-state index in [9.17, 15) is 14.4 Å². The van der Waals surface area contributed by atoms with Gasteiger partial charge in [-0.15, -0.1) is 11.8 Å². The zero-order valence-electron chi connectivity index (χ0n) is 23.7. The van der Waals surface area contributed by atoms with Crippen LogP contribution in [0.5, 0.6) is 0 Å². The van der Waals surface area contributed by atoms with Gasteiger partial charge in [-0.3, -0.25) is 14.4 Å². The van der Waals surface area contributed by atoms with Crippen molar-refractivity contribution < 1.29 is 14.4 Å². The third-order valence-electron chi connectivity index (χ3n) is 6.21. The molecule has 3 amide bonds. The van der Waals surface area contributed by atoms with Crippen molar-refractivity contribution in [2.45, 2.75) is 17.1 Å². The molecular formula is C33H30Cl2N4O3S. The lowest BCUT2D eigenvalue weighted by Crippen LogP contribution is -2.30. The minimum atomic E-state index is -0.496. The molecule has 0 spiro atoms. The van der Waals surface area contributed by atoms with E-state index in [1.807, 2.05) is 55.4 Å². The molecule has 4 aromatic carbocycles. The second-order valence-corrected chi connectivity index (χ2v) is 12.0. The molecule has 0 bridgehead atoms. The molecule has 43 heavy (non-hydrogen) atoms. The molecule has 0 aromatic heterocycles. The number of anilines is 3. The van der Waals surface area contributed by atoms with Crippen LogP contribution in [0.15, 0.2) is 108 Å². The summed E-state index contributed by atoms with van der Waals surface area (Å²) in [5.41, 5.74) is 3.19. The second kappa shape index (κ2) is 14.8. The highest BCUT2D eigenvalue weighted by Gasteiger charge is 2.18. The molecule has 0 saturated heterocycles. The largest absolute Gasteiger partial charge is 0.378 e. The van der Waals surface area contributed by atoms with E-state index in [2.05, 4.69) is 16.0 Å². The third kappa shape index (κ3) is 9.12. The third-order valence-corrected chi connectivity index (χ3v) is 7.87. The minimum absolute atomic E-state index is 0.0793. The van der Waals surface area contributed by atoms with Gasteiger partial charge in [-0.1, -0.05) is 59.6 Å². The molecule has 4 rings (SSSR count). The number of thioether (sulfide) groups is 1. The smallest absolute Gasteiger partial charge is 0.272 e. The van der Waals surface area contributed by atoms with Crippen LogP contribution in [0.25, 0.3) is 6.08 Å². The molecule has 0 radical (unpaired) electrons. The van der Waals surface area contributed by atoms with Crippen molar-refractivity contribution in [1.82, 2.24) is 5.32 Å². The van der Waals surface area contributed by atoms with Crippen LogP contribution in [-0.2, 0) is 9.59 Å². The molecule has 0 fully saturated rings. The summed E-state index contributed by atoms with van der Waals surface area (Å²) >= 11 is 13.5. The number of halogens is 2. The lowest BCUT2D eigenvalue weighted by Gasteiger charge is -2.15.